The summed E-state index contributed by atoms with van der Waals surface area (Å²) in [6, 6.07) is 6.13. The molecule has 1 fully saturated rings. The standard InChI is InChI=1S/C21H28O4/c1-13(18(22)23)14-6-8-16-15(12-14)7-9-17-20(16,2)10-5-11-21(17,3)19(24)25-4/h6,8,12-13,17H,5,7,9-11H2,1-4H3,(H,22,23)/t13?,17-,20-,21-/m1/s1. The molecule has 2 aliphatic rings. The van der Waals surface area contributed by atoms with Gasteiger partial charge in [-0.3, -0.25) is 9.59 Å². The minimum atomic E-state index is -0.796. The SMILES string of the molecule is COC(=O)[C@]1(C)CCC[C@]2(C)c3ccc(C(C)C(=O)O)cc3CC[C@@H]12. The van der Waals surface area contributed by atoms with Crippen LogP contribution in [0, 0.1) is 11.3 Å². The molecule has 1 N–H and O–H groups in total. The largest absolute Gasteiger partial charge is 0.481 e. The van der Waals surface area contributed by atoms with E-state index in [1.54, 1.807) is 6.92 Å². The number of rotatable bonds is 3. The first kappa shape index (κ1) is 18.0. The van der Waals surface area contributed by atoms with Crippen molar-refractivity contribution in [2.75, 3.05) is 7.11 Å². The number of hydrogen-bond donors (Lipinski definition) is 1. The van der Waals surface area contributed by atoms with Crippen molar-refractivity contribution >= 4 is 11.9 Å². The van der Waals surface area contributed by atoms with Gasteiger partial charge in [-0.1, -0.05) is 31.5 Å². The lowest BCUT2D eigenvalue weighted by Gasteiger charge is -2.54. The van der Waals surface area contributed by atoms with E-state index in [0.29, 0.717) is 0 Å². The number of fused-ring (bicyclic) bond motifs is 3. The van der Waals surface area contributed by atoms with Gasteiger partial charge in [0.25, 0.3) is 0 Å². The highest BCUT2D eigenvalue weighted by molar-refractivity contribution is 5.78. The average Bonchev–Trinajstić information content (AvgIpc) is 2.59. The molecule has 4 atom stereocenters. The summed E-state index contributed by atoms with van der Waals surface area (Å²) in [6.45, 7) is 6.06. The van der Waals surface area contributed by atoms with Gasteiger partial charge in [0.15, 0.2) is 0 Å². The molecule has 0 heterocycles. The van der Waals surface area contributed by atoms with Gasteiger partial charge in [0.1, 0.15) is 0 Å². The Hall–Kier alpha value is -1.84. The second-order valence-electron chi connectivity index (χ2n) is 8.25. The molecule has 1 saturated carbocycles. The minimum absolute atomic E-state index is 0.0558. The number of hydrogen-bond acceptors (Lipinski definition) is 3. The zero-order valence-electron chi connectivity index (χ0n) is 15.6. The molecular formula is C21H28O4. The van der Waals surface area contributed by atoms with Crippen LogP contribution in [0.15, 0.2) is 18.2 Å². The first-order valence-corrected chi connectivity index (χ1v) is 9.18. The van der Waals surface area contributed by atoms with Crippen molar-refractivity contribution < 1.29 is 19.4 Å². The van der Waals surface area contributed by atoms with Gasteiger partial charge < -0.3 is 9.84 Å². The van der Waals surface area contributed by atoms with Crippen LogP contribution in [0.3, 0.4) is 0 Å². The minimum Gasteiger partial charge on any atom is -0.481 e. The summed E-state index contributed by atoms with van der Waals surface area (Å²) >= 11 is 0. The molecule has 3 rings (SSSR count). The van der Waals surface area contributed by atoms with Gasteiger partial charge in [-0.05, 0) is 67.6 Å². The Bertz CT molecular complexity index is 710. The van der Waals surface area contributed by atoms with Crippen molar-refractivity contribution in [1.29, 1.82) is 0 Å². The summed E-state index contributed by atoms with van der Waals surface area (Å²) in [5.74, 6) is -1.13. The van der Waals surface area contributed by atoms with E-state index in [-0.39, 0.29) is 17.3 Å². The van der Waals surface area contributed by atoms with Gasteiger partial charge in [0.05, 0.1) is 18.4 Å². The zero-order valence-corrected chi connectivity index (χ0v) is 15.6. The lowest BCUT2D eigenvalue weighted by Crippen LogP contribution is -2.52. The molecule has 2 aliphatic carbocycles. The summed E-state index contributed by atoms with van der Waals surface area (Å²) in [5.41, 5.74) is 2.91. The highest BCUT2D eigenvalue weighted by Crippen LogP contribution is 2.57. The summed E-state index contributed by atoms with van der Waals surface area (Å²) in [4.78, 5) is 23.8. The molecule has 1 unspecified atom stereocenters. The maximum atomic E-state index is 12.5. The van der Waals surface area contributed by atoms with E-state index >= 15 is 0 Å². The number of methoxy groups -OCH3 is 1. The monoisotopic (exact) mass is 344 g/mol. The van der Waals surface area contributed by atoms with Crippen molar-refractivity contribution in [3.63, 3.8) is 0 Å². The van der Waals surface area contributed by atoms with Gasteiger partial charge in [-0.15, -0.1) is 0 Å². The van der Waals surface area contributed by atoms with Gasteiger partial charge >= 0.3 is 11.9 Å². The highest BCUT2D eigenvalue weighted by atomic mass is 16.5. The van der Waals surface area contributed by atoms with Crippen molar-refractivity contribution in [3.05, 3.63) is 34.9 Å². The Morgan fingerprint density at radius 3 is 2.64 bits per heavy atom. The second kappa shape index (κ2) is 6.15. The molecule has 0 amide bonds. The van der Waals surface area contributed by atoms with E-state index in [0.717, 1.165) is 37.7 Å². The Morgan fingerprint density at radius 1 is 1.28 bits per heavy atom. The molecule has 4 heteroatoms. The van der Waals surface area contributed by atoms with Crippen LogP contribution in [0.4, 0.5) is 0 Å². The fraction of sp³-hybridized carbons (Fsp3) is 0.619. The first-order chi connectivity index (χ1) is 11.7. The van der Waals surface area contributed by atoms with Gasteiger partial charge in [-0.25, -0.2) is 0 Å². The molecule has 0 radical (unpaired) electrons. The third kappa shape index (κ3) is 2.66. The Morgan fingerprint density at radius 2 is 2.00 bits per heavy atom. The zero-order chi connectivity index (χ0) is 18.4. The molecule has 4 nitrogen and oxygen atoms in total. The van der Waals surface area contributed by atoms with Crippen molar-refractivity contribution in [3.8, 4) is 0 Å². The van der Waals surface area contributed by atoms with Crippen LogP contribution in [0.1, 0.15) is 69.1 Å². The number of carboxylic acids is 1. The number of benzene rings is 1. The Kier molecular flexibility index (Phi) is 4.42. The highest BCUT2D eigenvalue weighted by Gasteiger charge is 2.55. The van der Waals surface area contributed by atoms with Crippen LogP contribution >= 0.6 is 0 Å². The lowest BCUT2D eigenvalue weighted by molar-refractivity contribution is -0.161. The van der Waals surface area contributed by atoms with Crippen molar-refractivity contribution in [2.24, 2.45) is 11.3 Å². The van der Waals surface area contributed by atoms with Crippen LogP contribution in [0.25, 0.3) is 0 Å². The molecule has 136 valence electrons. The second-order valence-corrected chi connectivity index (χ2v) is 8.25. The molecule has 0 saturated heterocycles. The fourth-order valence-electron chi connectivity index (χ4n) is 5.40. The van der Waals surface area contributed by atoms with Crippen LogP contribution in [0.5, 0.6) is 0 Å². The van der Waals surface area contributed by atoms with Crippen LogP contribution in [-0.2, 0) is 26.2 Å². The van der Waals surface area contributed by atoms with Crippen molar-refractivity contribution in [2.45, 2.75) is 64.2 Å². The topological polar surface area (TPSA) is 63.6 Å². The molecule has 1 aromatic carbocycles. The summed E-state index contributed by atoms with van der Waals surface area (Å²) in [5, 5.41) is 9.28. The number of aryl methyl sites for hydroxylation is 1. The number of esters is 1. The molecule has 0 aliphatic heterocycles. The third-order valence-corrected chi connectivity index (χ3v) is 6.90. The third-order valence-electron chi connectivity index (χ3n) is 6.90. The molecule has 0 spiro atoms. The number of aliphatic carboxylic acids is 1. The Labute approximate surface area is 149 Å². The number of carboxylic acid groups (broad SMARTS) is 1. The van der Waals surface area contributed by atoms with E-state index in [9.17, 15) is 14.7 Å². The lowest BCUT2D eigenvalue weighted by atomic mass is 9.49. The van der Waals surface area contributed by atoms with Gasteiger partial charge in [-0.2, -0.15) is 0 Å². The van der Waals surface area contributed by atoms with Crippen LogP contribution in [0.2, 0.25) is 0 Å². The fourth-order valence-corrected chi connectivity index (χ4v) is 5.40. The summed E-state index contributed by atoms with van der Waals surface area (Å²) in [7, 11) is 1.48. The first-order valence-electron chi connectivity index (χ1n) is 9.18. The summed E-state index contributed by atoms with van der Waals surface area (Å²) in [6.07, 6.45) is 4.78. The van der Waals surface area contributed by atoms with Crippen molar-refractivity contribution in [1.82, 2.24) is 0 Å². The van der Waals surface area contributed by atoms with Gasteiger partial charge in [0.2, 0.25) is 0 Å². The molecule has 0 bridgehead atoms. The summed E-state index contributed by atoms with van der Waals surface area (Å²) < 4.78 is 5.15. The smallest absolute Gasteiger partial charge is 0.311 e. The van der Waals surface area contributed by atoms with E-state index in [4.69, 9.17) is 4.74 Å². The van der Waals surface area contributed by atoms with Gasteiger partial charge in [0, 0.05) is 0 Å². The van der Waals surface area contributed by atoms with E-state index < -0.39 is 17.3 Å². The maximum absolute atomic E-state index is 12.5. The number of ether oxygens (including phenoxy) is 1. The normalized spacial score (nSPS) is 32.2. The predicted molar refractivity (Wildman–Crippen MR) is 95.6 cm³/mol. The molecule has 25 heavy (non-hydrogen) atoms. The molecular weight excluding hydrogens is 316 g/mol. The van der Waals surface area contributed by atoms with E-state index in [1.807, 2.05) is 6.07 Å². The van der Waals surface area contributed by atoms with Crippen LogP contribution in [-0.4, -0.2) is 24.2 Å². The maximum Gasteiger partial charge on any atom is 0.311 e. The van der Waals surface area contributed by atoms with E-state index in [2.05, 4.69) is 26.0 Å². The van der Waals surface area contributed by atoms with Crippen LogP contribution < -0.4 is 0 Å². The molecule has 1 aromatic rings. The number of carbonyl (C=O) groups is 2. The number of carbonyl (C=O) groups excluding carboxylic acids is 1. The molecule has 0 aromatic heterocycles. The quantitative estimate of drug-likeness (QED) is 0.840. The predicted octanol–water partition coefficient (Wildman–Crippen LogP) is 4.06. The Balaban J connectivity index is 2.03. The van der Waals surface area contributed by atoms with E-state index in [1.165, 1.54) is 18.2 Å². The average molecular weight is 344 g/mol.